The molecule has 2 rings (SSSR count). The topological polar surface area (TPSA) is 77.2 Å². The van der Waals surface area contributed by atoms with E-state index >= 15 is 0 Å². The van der Waals surface area contributed by atoms with Crippen molar-refractivity contribution in [1.29, 1.82) is 0 Å². The first-order chi connectivity index (χ1) is 9.49. The predicted molar refractivity (Wildman–Crippen MR) is 79.5 cm³/mol. The Kier molecular flexibility index (Phi) is 4.24. The summed E-state index contributed by atoms with van der Waals surface area (Å²) in [7, 11) is 3.63. The smallest absolute Gasteiger partial charge is 0.328 e. The summed E-state index contributed by atoms with van der Waals surface area (Å²) < 4.78 is 5.62. The number of aryl methyl sites for hydroxylation is 1. The van der Waals surface area contributed by atoms with E-state index in [-0.39, 0.29) is 12.0 Å². The number of halogens is 1. The largest absolute Gasteiger partial charge is 0.424 e. The van der Waals surface area contributed by atoms with Gasteiger partial charge in [0.05, 0.1) is 0 Å². The number of hydrogen-bond acceptors (Lipinski definition) is 6. The highest BCUT2D eigenvalue weighted by molar-refractivity contribution is 6.31. The Labute approximate surface area is 122 Å². The second-order valence-corrected chi connectivity index (χ2v) is 4.79. The molecule has 106 valence electrons. The van der Waals surface area contributed by atoms with Gasteiger partial charge in [-0.05, 0) is 30.2 Å². The molecule has 0 aliphatic heterocycles. The standard InChI is InChI=1S/C13H16ClN5O/c1-4-8-7-9(5-6-10(8)14)20-13-17-11(15)16-12(18-13)19(2)3/h5-7H,4H2,1-3H3,(H2,15,16,17,18). The third-order valence-corrected chi connectivity index (χ3v) is 3.00. The third-order valence-electron chi connectivity index (χ3n) is 2.63. The molecular formula is C13H16ClN5O. The molecule has 1 aromatic heterocycles. The normalized spacial score (nSPS) is 10.4. The number of rotatable bonds is 4. The van der Waals surface area contributed by atoms with Crippen molar-refractivity contribution in [2.24, 2.45) is 0 Å². The summed E-state index contributed by atoms with van der Waals surface area (Å²) in [5.41, 5.74) is 6.64. The average molecular weight is 294 g/mol. The first-order valence-electron chi connectivity index (χ1n) is 6.14. The van der Waals surface area contributed by atoms with Gasteiger partial charge < -0.3 is 15.4 Å². The number of benzene rings is 1. The fraction of sp³-hybridized carbons (Fsp3) is 0.308. The Morgan fingerprint density at radius 3 is 2.65 bits per heavy atom. The average Bonchev–Trinajstić information content (AvgIpc) is 2.40. The van der Waals surface area contributed by atoms with E-state index in [4.69, 9.17) is 22.1 Å². The molecule has 0 saturated carbocycles. The number of nitrogens with zero attached hydrogens (tertiary/aromatic N) is 4. The van der Waals surface area contributed by atoms with E-state index in [0.717, 1.165) is 12.0 Å². The van der Waals surface area contributed by atoms with Gasteiger partial charge in [-0.2, -0.15) is 15.0 Å². The van der Waals surface area contributed by atoms with Crippen LogP contribution in [0.4, 0.5) is 11.9 Å². The van der Waals surface area contributed by atoms with Gasteiger partial charge in [0.1, 0.15) is 5.75 Å². The summed E-state index contributed by atoms with van der Waals surface area (Å²) in [4.78, 5) is 13.9. The molecule has 1 aromatic carbocycles. The Balaban J connectivity index is 2.30. The van der Waals surface area contributed by atoms with Crippen molar-refractivity contribution in [3.63, 3.8) is 0 Å². The number of anilines is 2. The van der Waals surface area contributed by atoms with Gasteiger partial charge in [-0.15, -0.1) is 0 Å². The first kappa shape index (κ1) is 14.3. The lowest BCUT2D eigenvalue weighted by molar-refractivity contribution is 0.440. The summed E-state index contributed by atoms with van der Waals surface area (Å²) >= 11 is 6.07. The van der Waals surface area contributed by atoms with Crippen LogP contribution in [0.25, 0.3) is 0 Å². The molecule has 7 heteroatoms. The molecule has 6 nitrogen and oxygen atoms in total. The maximum absolute atomic E-state index is 6.07. The van der Waals surface area contributed by atoms with Crippen LogP contribution in [0, 0.1) is 0 Å². The molecular weight excluding hydrogens is 278 g/mol. The van der Waals surface area contributed by atoms with Gasteiger partial charge in [-0.25, -0.2) is 0 Å². The zero-order valence-electron chi connectivity index (χ0n) is 11.6. The highest BCUT2D eigenvalue weighted by Crippen LogP contribution is 2.25. The molecule has 0 bridgehead atoms. The zero-order valence-corrected chi connectivity index (χ0v) is 12.3. The van der Waals surface area contributed by atoms with Crippen LogP contribution < -0.4 is 15.4 Å². The van der Waals surface area contributed by atoms with E-state index in [0.29, 0.717) is 16.7 Å². The van der Waals surface area contributed by atoms with Crippen molar-refractivity contribution in [3.8, 4) is 11.8 Å². The molecule has 0 amide bonds. The first-order valence-corrected chi connectivity index (χ1v) is 6.52. The summed E-state index contributed by atoms with van der Waals surface area (Å²) in [6.07, 6.45) is 0.818. The molecule has 0 radical (unpaired) electrons. The van der Waals surface area contributed by atoms with Crippen LogP contribution in [0.5, 0.6) is 11.8 Å². The number of aromatic nitrogens is 3. The van der Waals surface area contributed by atoms with Gasteiger partial charge in [0.25, 0.3) is 0 Å². The molecule has 0 saturated heterocycles. The Morgan fingerprint density at radius 1 is 1.25 bits per heavy atom. The van der Waals surface area contributed by atoms with Gasteiger partial charge in [-0.3, -0.25) is 0 Å². The van der Waals surface area contributed by atoms with Crippen LogP contribution in [0.1, 0.15) is 12.5 Å². The van der Waals surface area contributed by atoms with Crippen LogP contribution in [-0.2, 0) is 6.42 Å². The SMILES string of the molecule is CCc1cc(Oc2nc(N)nc(N(C)C)n2)ccc1Cl. The molecule has 2 N–H and O–H groups in total. The number of nitrogen functional groups attached to an aromatic ring is 1. The van der Waals surface area contributed by atoms with Crippen LogP contribution in [-0.4, -0.2) is 29.0 Å². The fourth-order valence-electron chi connectivity index (χ4n) is 1.60. The molecule has 0 spiro atoms. The summed E-state index contributed by atoms with van der Waals surface area (Å²) in [5, 5.41) is 0.712. The summed E-state index contributed by atoms with van der Waals surface area (Å²) in [6.45, 7) is 2.02. The van der Waals surface area contributed by atoms with Crippen molar-refractivity contribution >= 4 is 23.5 Å². The van der Waals surface area contributed by atoms with Crippen molar-refractivity contribution in [1.82, 2.24) is 15.0 Å². The minimum absolute atomic E-state index is 0.114. The Morgan fingerprint density at radius 2 is 2.00 bits per heavy atom. The molecule has 0 aliphatic rings. The molecule has 0 aliphatic carbocycles. The second kappa shape index (κ2) is 5.92. The molecule has 0 unspecified atom stereocenters. The molecule has 20 heavy (non-hydrogen) atoms. The monoisotopic (exact) mass is 293 g/mol. The predicted octanol–water partition coefficient (Wildman–Crippen LogP) is 2.53. The van der Waals surface area contributed by atoms with Crippen LogP contribution in [0.2, 0.25) is 5.02 Å². The van der Waals surface area contributed by atoms with E-state index in [9.17, 15) is 0 Å². The fourth-order valence-corrected chi connectivity index (χ4v) is 1.85. The van der Waals surface area contributed by atoms with Crippen molar-refractivity contribution in [2.45, 2.75) is 13.3 Å². The van der Waals surface area contributed by atoms with Gasteiger partial charge in [0.2, 0.25) is 11.9 Å². The zero-order chi connectivity index (χ0) is 14.7. The third kappa shape index (κ3) is 3.27. The van der Waals surface area contributed by atoms with E-state index < -0.39 is 0 Å². The minimum Gasteiger partial charge on any atom is -0.424 e. The van der Waals surface area contributed by atoms with Crippen molar-refractivity contribution < 1.29 is 4.74 Å². The lowest BCUT2D eigenvalue weighted by Gasteiger charge is -2.12. The molecule has 1 heterocycles. The molecule has 2 aromatic rings. The Bertz CT molecular complexity index is 618. The van der Waals surface area contributed by atoms with Crippen LogP contribution >= 0.6 is 11.6 Å². The minimum atomic E-state index is 0.114. The van der Waals surface area contributed by atoms with E-state index in [1.807, 2.05) is 27.1 Å². The maximum atomic E-state index is 6.07. The van der Waals surface area contributed by atoms with Crippen molar-refractivity contribution in [2.75, 3.05) is 24.7 Å². The van der Waals surface area contributed by atoms with Crippen LogP contribution in [0.15, 0.2) is 18.2 Å². The van der Waals surface area contributed by atoms with E-state index in [1.54, 1.807) is 17.0 Å². The molecule has 0 fully saturated rings. The number of nitrogens with two attached hydrogens (primary N) is 1. The van der Waals surface area contributed by atoms with Gasteiger partial charge in [0, 0.05) is 19.1 Å². The highest BCUT2D eigenvalue weighted by atomic mass is 35.5. The summed E-state index contributed by atoms with van der Waals surface area (Å²) in [5.74, 6) is 1.17. The maximum Gasteiger partial charge on any atom is 0.328 e. The Hall–Kier alpha value is -2.08. The van der Waals surface area contributed by atoms with Crippen molar-refractivity contribution in [3.05, 3.63) is 28.8 Å². The number of hydrogen-bond donors (Lipinski definition) is 1. The highest BCUT2D eigenvalue weighted by Gasteiger charge is 2.09. The van der Waals surface area contributed by atoms with Gasteiger partial charge >= 0.3 is 6.01 Å². The van der Waals surface area contributed by atoms with Gasteiger partial charge in [-0.1, -0.05) is 18.5 Å². The lowest BCUT2D eigenvalue weighted by atomic mass is 10.1. The lowest BCUT2D eigenvalue weighted by Crippen LogP contribution is -2.15. The van der Waals surface area contributed by atoms with Gasteiger partial charge in [0.15, 0.2) is 0 Å². The van der Waals surface area contributed by atoms with E-state index in [1.165, 1.54) is 0 Å². The van der Waals surface area contributed by atoms with Crippen LogP contribution in [0.3, 0.4) is 0 Å². The quantitative estimate of drug-likeness (QED) is 0.933. The molecule has 0 atom stereocenters. The number of ether oxygens (including phenoxy) is 1. The second-order valence-electron chi connectivity index (χ2n) is 4.38. The van der Waals surface area contributed by atoms with E-state index in [2.05, 4.69) is 15.0 Å². The summed E-state index contributed by atoms with van der Waals surface area (Å²) in [6, 6.07) is 5.56.